The molecule has 0 aromatic carbocycles. The van der Waals surface area contributed by atoms with Crippen molar-refractivity contribution in [3.8, 4) is 0 Å². The summed E-state index contributed by atoms with van der Waals surface area (Å²) in [5, 5.41) is 8.75. The van der Waals surface area contributed by atoms with Crippen molar-refractivity contribution in [2.45, 2.75) is 31.8 Å². The Morgan fingerprint density at radius 2 is 1.93 bits per heavy atom. The Balaban J connectivity index is 2.02. The molecule has 5 heteroatoms. The molecule has 84 valence electrons. The van der Waals surface area contributed by atoms with Crippen molar-refractivity contribution < 1.29 is 14.7 Å². The Labute approximate surface area is 88.6 Å². The van der Waals surface area contributed by atoms with Crippen LogP contribution in [-0.4, -0.2) is 58.5 Å². The molecule has 3 saturated heterocycles. The van der Waals surface area contributed by atoms with Gasteiger partial charge >= 0.3 is 5.97 Å². The standard InChI is InChI=1S/C10H16N2O3/c1-7(13)12-5-8-2-3-9(12)4-11(8)6-10(14)15/h8-9H,2-6H2,1H3,(H,14,15). The number of carbonyl (C=O) groups is 2. The number of fused-ring (bicyclic) bond motifs is 3. The molecule has 3 rings (SSSR count). The molecule has 15 heavy (non-hydrogen) atoms. The van der Waals surface area contributed by atoms with E-state index < -0.39 is 5.97 Å². The van der Waals surface area contributed by atoms with E-state index in [9.17, 15) is 9.59 Å². The number of carboxylic acid groups (broad SMARTS) is 1. The fourth-order valence-electron chi connectivity index (χ4n) is 2.67. The molecule has 0 saturated carbocycles. The predicted octanol–water partition coefficient (Wildman–Crippen LogP) is -0.234. The number of piperazine rings is 1. The van der Waals surface area contributed by atoms with E-state index in [-0.39, 0.29) is 24.5 Å². The second-order valence-corrected chi connectivity index (χ2v) is 4.38. The van der Waals surface area contributed by atoms with E-state index in [0.717, 1.165) is 19.4 Å². The fraction of sp³-hybridized carbons (Fsp3) is 0.800. The van der Waals surface area contributed by atoms with Crippen molar-refractivity contribution in [1.82, 2.24) is 9.80 Å². The number of rotatable bonds is 2. The molecule has 1 amide bonds. The molecule has 2 atom stereocenters. The SMILES string of the molecule is CC(=O)N1CC2CCC1CN2CC(=O)O. The van der Waals surface area contributed by atoms with Crippen molar-refractivity contribution >= 4 is 11.9 Å². The van der Waals surface area contributed by atoms with Crippen LogP contribution in [0.25, 0.3) is 0 Å². The van der Waals surface area contributed by atoms with Crippen molar-refractivity contribution in [2.24, 2.45) is 0 Å². The summed E-state index contributed by atoms with van der Waals surface area (Å²) < 4.78 is 0. The van der Waals surface area contributed by atoms with Crippen LogP contribution >= 0.6 is 0 Å². The topological polar surface area (TPSA) is 60.9 Å². The molecule has 0 aliphatic carbocycles. The Hall–Kier alpha value is -1.10. The number of carboxylic acids is 1. The lowest BCUT2D eigenvalue weighted by Gasteiger charge is -2.50. The van der Waals surface area contributed by atoms with Crippen molar-refractivity contribution in [1.29, 1.82) is 0 Å². The number of carbonyl (C=O) groups excluding carboxylic acids is 1. The largest absolute Gasteiger partial charge is 0.480 e. The van der Waals surface area contributed by atoms with Gasteiger partial charge in [-0.25, -0.2) is 0 Å². The second-order valence-electron chi connectivity index (χ2n) is 4.38. The molecule has 0 spiro atoms. The maximum absolute atomic E-state index is 11.3. The van der Waals surface area contributed by atoms with E-state index in [1.54, 1.807) is 6.92 Å². The highest BCUT2D eigenvalue weighted by Crippen LogP contribution is 2.28. The zero-order valence-electron chi connectivity index (χ0n) is 8.85. The van der Waals surface area contributed by atoms with Gasteiger partial charge in [0.1, 0.15) is 0 Å². The molecule has 0 aromatic rings. The molecule has 1 N–H and O–H groups in total. The molecule has 3 aliphatic heterocycles. The summed E-state index contributed by atoms with van der Waals surface area (Å²) in [4.78, 5) is 25.8. The Morgan fingerprint density at radius 1 is 1.27 bits per heavy atom. The van der Waals surface area contributed by atoms with Gasteiger partial charge < -0.3 is 10.0 Å². The van der Waals surface area contributed by atoms with Gasteiger partial charge in [0, 0.05) is 32.1 Å². The maximum atomic E-state index is 11.3. The summed E-state index contributed by atoms with van der Waals surface area (Å²) in [6.45, 7) is 3.11. The Kier molecular flexibility index (Phi) is 2.65. The van der Waals surface area contributed by atoms with E-state index in [1.165, 1.54) is 0 Å². The van der Waals surface area contributed by atoms with Gasteiger partial charge in [0.25, 0.3) is 0 Å². The van der Waals surface area contributed by atoms with Gasteiger partial charge in [-0.15, -0.1) is 0 Å². The zero-order chi connectivity index (χ0) is 11.0. The minimum Gasteiger partial charge on any atom is -0.480 e. The Bertz CT molecular complexity index is 292. The first kappa shape index (κ1) is 10.4. The van der Waals surface area contributed by atoms with E-state index in [0.29, 0.717) is 6.54 Å². The summed E-state index contributed by atoms with van der Waals surface area (Å²) in [5.74, 6) is -0.670. The molecule has 3 fully saturated rings. The summed E-state index contributed by atoms with van der Waals surface area (Å²) in [6.07, 6.45) is 2.03. The van der Waals surface area contributed by atoms with E-state index in [2.05, 4.69) is 0 Å². The van der Waals surface area contributed by atoms with Gasteiger partial charge in [-0.3, -0.25) is 14.5 Å². The molecule has 0 radical (unpaired) electrons. The number of nitrogens with zero attached hydrogens (tertiary/aromatic N) is 2. The van der Waals surface area contributed by atoms with Crippen LogP contribution in [0.15, 0.2) is 0 Å². The number of amides is 1. The minimum absolute atomic E-state index is 0.104. The van der Waals surface area contributed by atoms with Crippen molar-refractivity contribution in [3.05, 3.63) is 0 Å². The molecule has 0 aromatic heterocycles. The highest BCUT2D eigenvalue weighted by Gasteiger charge is 2.40. The van der Waals surface area contributed by atoms with Crippen molar-refractivity contribution in [3.63, 3.8) is 0 Å². The molecule has 2 unspecified atom stereocenters. The lowest BCUT2D eigenvalue weighted by atomic mass is 9.91. The summed E-state index contributed by atoms with van der Waals surface area (Å²) in [7, 11) is 0. The highest BCUT2D eigenvalue weighted by molar-refractivity contribution is 5.74. The number of piperidine rings is 2. The lowest BCUT2D eigenvalue weighted by molar-refractivity contribution is -0.145. The molecule has 2 bridgehead atoms. The van der Waals surface area contributed by atoms with Crippen LogP contribution < -0.4 is 0 Å². The summed E-state index contributed by atoms with van der Waals surface area (Å²) in [6, 6.07) is 0.474. The van der Waals surface area contributed by atoms with Crippen LogP contribution in [0, 0.1) is 0 Å². The summed E-state index contributed by atoms with van der Waals surface area (Å²) in [5.41, 5.74) is 0. The van der Waals surface area contributed by atoms with Gasteiger partial charge in [0.2, 0.25) is 5.91 Å². The first-order valence-corrected chi connectivity index (χ1v) is 5.31. The van der Waals surface area contributed by atoms with Crippen LogP contribution in [0.2, 0.25) is 0 Å². The van der Waals surface area contributed by atoms with Gasteiger partial charge in [0.05, 0.1) is 6.54 Å². The van der Waals surface area contributed by atoms with E-state index in [4.69, 9.17) is 5.11 Å². The molecule has 5 nitrogen and oxygen atoms in total. The van der Waals surface area contributed by atoms with E-state index in [1.807, 2.05) is 9.80 Å². The minimum atomic E-state index is -0.781. The normalized spacial score (nSPS) is 30.6. The fourth-order valence-corrected chi connectivity index (χ4v) is 2.67. The number of hydrogen-bond donors (Lipinski definition) is 1. The second kappa shape index (κ2) is 3.81. The van der Waals surface area contributed by atoms with Crippen LogP contribution in [0.4, 0.5) is 0 Å². The zero-order valence-corrected chi connectivity index (χ0v) is 8.85. The quantitative estimate of drug-likeness (QED) is 0.686. The maximum Gasteiger partial charge on any atom is 0.317 e. The third kappa shape index (κ3) is 1.97. The number of hydrogen-bond acceptors (Lipinski definition) is 3. The first-order valence-electron chi connectivity index (χ1n) is 5.31. The molecular weight excluding hydrogens is 196 g/mol. The van der Waals surface area contributed by atoms with Crippen molar-refractivity contribution in [2.75, 3.05) is 19.6 Å². The van der Waals surface area contributed by atoms with Crippen LogP contribution in [0.5, 0.6) is 0 Å². The van der Waals surface area contributed by atoms with Crippen LogP contribution in [-0.2, 0) is 9.59 Å². The van der Waals surface area contributed by atoms with Crippen LogP contribution in [0.1, 0.15) is 19.8 Å². The monoisotopic (exact) mass is 212 g/mol. The third-order valence-corrected chi connectivity index (χ3v) is 3.39. The van der Waals surface area contributed by atoms with E-state index >= 15 is 0 Å². The average molecular weight is 212 g/mol. The molecular formula is C10H16N2O3. The number of aliphatic carboxylic acids is 1. The molecule has 3 heterocycles. The van der Waals surface area contributed by atoms with Gasteiger partial charge in [0.15, 0.2) is 0 Å². The Morgan fingerprint density at radius 3 is 2.40 bits per heavy atom. The van der Waals surface area contributed by atoms with Gasteiger partial charge in [-0.05, 0) is 12.8 Å². The van der Waals surface area contributed by atoms with Gasteiger partial charge in [-0.2, -0.15) is 0 Å². The predicted molar refractivity (Wildman–Crippen MR) is 53.4 cm³/mol. The van der Waals surface area contributed by atoms with Crippen LogP contribution in [0.3, 0.4) is 0 Å². The average Bonchev–Trinajstić information content (AvgIpc) is 2.17. The first-order chi connectivity index (χ1) is 7.08. The molecule has 3 aliphatic rings. The smallest absolute Gasteiger partial charge is 0.317 e. The summed E-state index contributed by atoms with van der Waals surface area (Å²) >= 11 is 0. The lowest BCUT2D eigenvalue weighted by Crippen LogP contribution is -2.64. The third-order valence-electron chi connectivity index (χ3n) is 3.39. The highest BCUT2D eigenvalue weighted by atomic mass is 16.4. The van der Waals surface area contributed by atoms with Gasteiger partial charge in [-0.1, -0.05) is 0 Å².